The molecule has 0 radical (unpaired) electrons. The summed E-state index contributed by atoms with van der Waals surface area (Å²) in [6.07, 6.45) is 3.32. The number of likely N-dealkylation sites (N-methyl/N-ethyl adjacent to an activating group) is 1. The predicted octanol–water partition coefficient (Wildman–Crippen LogP) is 3.16. The van der Waals surface area contributed by atoms with E-state index in [2.05, 4.69) is 44.2 Å². The zero-order valence-corrected chi connectivity index (χ0v) is 14.1. The van der Waals surface area contributed by atoms with Crippen LogP contribution >= 0.6 is 11.8 Å². The van der Waals surface area contributed by atoms with Gasteiger partial charge in [-0.1, -0.05) is 12.1 Å². The minimum atomic E-state index is 0.0730. The molecule has 0 aliphatic heterocycles. The molecule has 3 atom stereocenters. The van der Waals surface area contributed by atoms with Gasteiger partial charge in [0.25, 0.3) is 0 Å². The third-order valence-electron chi connectivity index (χ3n) is 3.81. The van der Waals surface area contributed by atoms with Crippen molar-refractivity contribution in [2.45, 2.75) is 38.4 Å². The second-order valence-corrected chi connectivity index (χ2v) is 6.36. The fourth-order valence-electron chi connectivity index (χ4n) is 2.50. The molecule has 0 bridgehead atoms. The van der Waals surface area contributed by atoms with Crippen LogP contribution in [0.2, 0.25) is 0 Å². The number of rotatable bonds is 8. The lowest BCUT2D eigenvalue weighted by molar-refractivity contribution is 0.162. The molecule has 1 aromatic carbocycles. The minimum Gasteiger partial charge on any atom is -0.497 e. The van der Waals surface area contributed by atoms with Crippen LogP contribution in [0.4, 0.5) is 0 Å². The minimum absolute atomic E-state index is 0.0730. The molecule has 0 fully saturated rings. The highest BCUT2D eigenvalue weighted by Gasteiger charge is 2.24. The molecule has 0 amide bonds. The smallest absolute Gasteiger partial charge is 0.119 e. The standard InChI is InChI=1S/C16H28N2OS/c1-12(9-10-20-5)18(3)16(13(2)17)14-7-6-8-15(11-14)19-4/h6-8,11-13,16H,9-10,17H2,1-5H3. The van der Waals surface area contributed by atoms with Crippen LogP contribution in [0.3, 0.4) is 0 Å². The molecular weight excluding hydrogens is 268 g/mol. The van der Waals surface area contributed by atoms with Gasteiger partial charge in [-0.25, -0.2) is 0 Å². The van der Waals surface area contributed by atoms with Gasteiger partial charge in [-0.3, -0.25) is 4.90 Å². The maximum Gasteiger partial charge on any atom is 0.119 e. The second-order valence-electron chi connectivity index (χ2n) is 5.38. The fraction of sp³-hybridized carbons (Fsp3) is 0.625. The van der Waals surface area contributed by atoms with E-state index in [9.17, 15) is 0 Å². The van der Waals surface area contributed by atoms with E-state index in [1.165, 1.54) is 17.7 Å². The Labute approximate surface area is 127 Å². The van der Waals surface area contributed by atoms with E-state index >= 15 is 0 Å². The van der Waals surface area contributed by atoms with Gasteiger partial charge in [-0.15, -0.1) is 0 Å². The third-order valence-corrected chi connectivity index (χ3v) is 4.45. The molecule has 1 aromatic rings. The van der Waals surface area contributed by atoms with E-state index in [1.807, 2.05) is 23.9 Å². The summed E-state index contributed by atoms with van der Waals surface area (Å²) >= 11 is 1.89. The molecule has 0 heterocycles. The average molecular weight is 296 g/mol. The Morgan fingerprint density at radius 1 is 1.35 bits per heavy atom. The molecule has 114 valence electrons. The number of benzene rings is 1. The van der Waals surface area contributed by atoms with Crippen LogP contribution in [0.5, 0.6) is 5.75 Å². The molecule has 20 heavy (non-hydrogen) atoms. The SMILES string of the molecule is COc1cccc(C(C(C)N)N(C)C(C)CCSC)c1. The van der Waals surface area contributed by atoms with E-state index in [1.54, 1.807) is 7.11 Å². The average Bonchev–Trinajstić information content (AvgIpc) is 2.44. The van der Waals surface area contributed by atoms with Crippen molar-refractivity contribution in [1.29, 1.82) is 0 Å². The molecule has 0 aliphatic rings. The van der Waals surface area contributed by atoms with Gasteiger partial charge in [0.05, 0.1) is 7.11 Å². The van der Waals surface area contributed by atoms with Crippen molar-refractivity contribution in [1.82, 2.24) is 4.90 Å². The maximum atomic E-state index is 6.24. The maximum absolute atomic E-state index is 6.24. The highest BCUT2D eigenvalue weighted by Crippen LogP contribution is 2.28. The van der Waals surface area contributed by atoms with Crippen LogP contribution in [0.25, 0.3) is 0 Å². The largest absolute Gasteiger partial charge is 0.497 e. The van der Waals surface area contributed by atoms with Gasteiger partial charge in [0.2, 0.25) is 0 Å². The molecule has 3 nitrogen and oxygen atoms in total. The first-order valence-corrected chi connectivity index (χ1v) is 8.51. The zero-order chi connectivity index (χ0) is 15.1. The summed E-state index contributed by atoms with van der Waals surface area (Å²) in [5, 5.41) is 0. The van der Waals surface area contributed by atoms with Crippen molar-refractivity contribution in [3.63, 3.8) is 0 Å². The third kappa shape index (κ3) is 4.69. The number of hydrogen-bond acceptors (Lipinski definition) is 4. The van der Waals surface area contributed by atoms with Crippen molar-refractivity contribution in [3.05, 3.63) is 29.8 Å². The summed E-state index contributed by atoms with van der Waals surface area (Å²) in [5.74, 6) is 2.06. The summed E-state index contributed by atoms with van der Waals surface area (Å²) in [4.78, 5) is 2.38. The second kappa shape index (κ2) is 8.55. The van der Waals surface area contributed by atoms with Crippen molar-refractivity contribution in [3.8, 4) is 5.75 Å². The first-order chi connectivity index (χ1) is 9.51. The summed E-state index contributed by atoms with van der Waals surface area (Å²) in [6, 6.07) is 9.01. The number of hydrogen-bond donors (Lipinski definition) is 1. The molecule has 0 saturated heterocycles. The Bertz CT molecular complexity index is 398. The number of nitrogens with zero attached hydrogens (tertiary/aromatic N) is 1. The Hall–Kier alpha value is -0.710. The topological polar surface area (TPSA) is 38.5 Å². The first kappa shape index (κ1) is 17.3. The van der Waals surface area contributed by atoms with Crippen LogP contribution in [0, 0.1) is 0 Å². The van der Waals surface area contributed by atoms with Crippen molar-refractivity contribution in [2.75, 3.05) is 26.2 Å². The number of methoxy groups -OCH3 is 1. The molecule has 0 aliphatic carbocycles. The molecule has 4 heteroatoms. The van der Waals surface area contributed by atoms with Crippen molar-refractivity contribution < 1.29 is 4.74 Å². The number of ether oxygens (including phenoxy) is 1. The lowest BCUT2D eigenvalue weighted by Crippen LogP contribution is -2.42. The van der Waals surface area contributed by atoms with Crippen molar-refractivity contribution in [2.24, 2.45) is 5.73 Å². The molecule has 1 rings (SSSR count). The van der Waals surface area contributed by atoms with E-state index in [0.29, 0.717) is 6.04 Å². The Morgan fingerprint density at radius 3 is 2.60 bits per heavy atom. The molecular formula is C16H28N2OS. The summed E-state index contributed by atoms with van der Waals surface area (Å²) in [6.45, 7) is 4.34. The lowest BCUT2D eigenvalue weighted by Gasteiger charge is -2.36. The van der Waals surface area contributed by atoms with Gasteiger partial charge >= 0.3 is 0 Å². The molecule has 2 N–H and O–H groups in total. The summed E-state index contributed by atoms with van der Waals surface area (Å²) < 4.78 is 5.33. The molecule has 0 aromatic heterocycles. The van der Waals surface area contributed by atoms with E-state index in [-0.39, 0.29) is 12.1 Å². The van der Waals surface area contributed by atoms with E-state index < -0.39 is 0 Å². The first-order valence-electron chi connectivity index (χ1n) is 7.11. The van der Waals surface area contributed by atoms with Crippen LogP contribution in [0.15, 0.2) is 24.3 Å². The Kier molecular flexibility index (Phi) is 7.41. The molecule has 0 spiro atoms. The van der Waals surface area contributed by atoms with Crippen molar-refractivity contribution >= 4 is 11.8 Å². The van der Waals surface area contributed by atoms with Crippen LogP contribution in [-0.4, -0.2) is 43.1 Å². The van der Waals surface area contributed by atoms with Crippen LogP contribution < -0.4 is 10.5 Å². The molecule has 3 unspecified atom stereocenters. The lowest BCUT2D eigenvalue weighted by atomic mass is 9.97. The van der Waals surface area contributed by atoms with Gasteiger partial charge in [0.1, 0.15) is 5.75 Å². The van der Waals surface area contributed by atoms with E-state index in [0.717, 1.165) is 5.75 Å². The number of nitrogens with two attached hydrogens (primary N) is 1. The Balaban J connectivity index is 2.92. The number of thioether (sulfide) groups is 1. The predicted molar refractivity (Wildman–Crippen MR) is 89.6 cm³/mol. The normalized spacial score (nSPS) is 15.9. The van der Waals surface area contributed by atoms with Gasteiger partial charge in [-0.2, -0.15) is 11.8 Å². The fourth-order valence-corrected chi connectivity index (χ4v) is 3.08. The van der Waals surface area contributed by atoms with Gasteiger partial charge < -0.3 is 10.5 Å². The summed E-state index contributed by atoms with van der Waals surface area (Å²) in [7, 11) is 3.86. The van der Waals surface area contributed by atoms with Gasteiger partial charge in [-0.05, 0) is 57.0 Å². The quantitative estimate of drug-likeness (QED) is 0.800. The van der Waals surface area contributed by atoms with Gasteiger partial charge in [0, 0.05) is 18.1 Å². The van der Waals surface area contributed by atoms with Crippen LogP contribution in [0.1, 0.15) is 31.9 Å². The van der Waals surface area contributed by atoms with Gasteiger partial charge in [0.15, 0.2) is 0 Å². The molecule has 0 saturated carbocycles. The summed E-state index contributed by atoms with van der Waals surface area (Å²) in [5.41, 5.74) is 7.46. The van der Waals surface area contributed by atoms with E-state index in [4.69, 9.17) is 10.5 Å². The van der Waals surface area contributed by atoms with Crippen LogP contribution in [-0.2, 0) is 0 Å². The monoisotopic (exact) mass is 296 g/mol. The zero-order valence-electron chi connectivity index (χ0n) is 13.3. The highest BCUT2D eigenvalue weighted by atomic mass is 32.2. The Morgan fingerprint density at radius 2 is 2.05 bits per heavy atom. The highest BCUT2D eigenvalue weighted by molar-refractivity contribution is 7.98.